The summed E-state index contributed by atoms with van der Waals surface area (Å²) in [6.45, 7) is 0. The molecular weight excluding hydrogens is 520 g/mol. The van der Waals surface area contributed by atoms with Gasteiger partial charge in [0.05, 0.1) is 0 Å². The lowest BCUT2D eigenvalue weighted by molar-refractivity contribution is 0.623. The molecule has 0 atom stereocenters. The second-order valence-electron chi connectivity index (χ2n) is 10.3. The normalized spacial score (nSPS) is 11.8. The van der Waals surface area contributed by atoms with Gasteiger partial charge in [-0.05, 0) is 24.3 Å². The second-order valence-corrected chi connectivity index (χ2v) is 10.3. The number of oxazole rings is 1. The fourth-order valence-corrected chi connectivity index (χ4v) is 5.76. The van der Waals surface area contributed by atoms with Gasteiger partial charge in [0.25, 0.3) is 0 Å². The SMILES string of the molecule is c1ccc(-c2nc(-c3ccccc3)nc(-c3ccc(-c4nc5c6cccc7oc8cccc(c5o4)c8c76)cc3)n2)cc1. The summed E-state index contributed by atoms with van der Waals surface area (Å²) in [5.74, 6) is 2.43. The highest BCUT2D eigenvalue weighted by Crippen LogP contribution is 2.43. The molecule has 0 aliphatic heterocycles. The van der Waals surface area contributed by atoms with E-state index in [1.54, 1.807) is 0 Å². The average molecular weight is 541 g/mol. The second kappa shape index (κ2) is 8.81. The summed E-state index contributed by atoms with van der Waals surface area (Å²) >= 11 is 0. The van der Waals surface area contributed by atoms with Crippen LogP contribution >= 0.6 is 0 Å². The highest BCUT2D eigenvalue weighted by Gasteiger charge is 2.21. The van der Waals surface area contributed by atoms with Crippen molar-refractivity contribution in [3.8, 4) is 45.6 Å². The molecule has 0 amide bonds. The summed E-state index contributed by atoms with van der Waals surface area (Å²) in [6.07, 6.45) is 0. The van der Waals surface area contributed by atoms with E-state index in [0.717, 1.165) is 66.1 Å². The van der Waals surface area contributed by atoms with Crippen LogP contribution in [-0.4, -0.2) is 19.9 Å². The molecule has 0 bridgehead atoms. The van der Waals surface area contributed by atoms with Gasteiger partial charge >= 0.3 is 0 Å². The molecule has 42 heavy (non-hydrogen) atoms. The minimum atomic E-state index is 0.563. The number of fused-ring (bicyclic) bond motifs is 3. The fraction of sp³-hybridized carbons (Fsp3) is 0. The summed E-state index contributed by atoms with van der Waals surface area (Å²) < 4.78 is 12.6. The Labute approximate surface area is 239 Å². The first-order valence-corrected chi connectivity index (χ1v) is 13.7. The molecule has 0 spiro atoms. The maximum atomic E-state index is 6.45. The van der Waals surface area contributed by atoms with Crippen molar-refractivity contribution in [1.29, 1.82) is 0 Å². The van der Waals surface area contributed by atoms with Crippen molar-refractivity contribution in [2.24, 2.45) is 0 Å². The van der Waals surface area contributed by atoms with Crippen LogP contribution in [0.2, 0.25) is 0 Å². The highest BCUT2D eigenvalue weighted by atomic mass is 16.3. The smallest absolute Gasteiger partial charge is 0.227 e. The largest absolute Gasteiger partial charge is 0.456 e. The van der Waals surface area contributed by atoms with Crippen LogP contribution in [0.15, 0.2) is 130 Å². The number of benzene rings is 6. The Bertz CT molecular complexity index is 2250. The van der Waals surface area contributed by atoms with Crippen molar-refractivity contribution < 1.29 is 8.83 Å². The number of aromatic nitrogens is 4. The minimum Gasteiger partial charge on any atom is -0.456 e. The zero-order valence-electron chi connectivity index (χ0n) is 22.2. The van der Waals surface area contributed by atoms with Crippen LogP contribution in [0.25, 0.3) is 89.4 Å². The van der Waals surface area contributed by atoms with Gasteiger partial charge in [0, 0.05) is 43.8 Å². The number of hydrogen-bond acceptors (Lipinski definition) is 6. The third-order valence-electron chi connectivity index (χ3n) is 7.74. The van der Waals surface area contributed by atoms with Gasteiger partial charge in [-0.1, -0.05) is 97.1 Å². The van der Waals surface area contributed by atoms with Crippen molar-refractivity contribution in [2.75, 3.05) is 0 Å². The molecule has 6 heteroatoms. The van der Waals surface area contributed by atoms with Crippen LogP contribution in [0.4, 0.5) is 0 Å². The van der Waals surface area contributed by atoms with Gasteiger partial charge < -0.3 is 8.83 Å². The van der Waals surface area contributed by atoms with Crippen molar-refractivity contribution in [1.82, 2.24) is 19.9 Å². The van der Waals surface area contributed by atoms with Crippen molar-refractivity contribution in [3.63, 3.8) is 0 Å². The molecule has 9 aromatic rings. The van der Waals surface area contributed by atoms with Gasteiger partial charge in [-0.25, -0.2) is 19.9 Å². The van der Waals surface area contributed by atoms with Gasteiger partial charge in [0.15, 0.2) is 23.1 Å². The van der Waals surface area contributed by atoms with Crippen LogP contribution in [0, 0.1) is 0 Å². The predicted molar refractivity (Wildman–Crippen MR) is 165 cm³/mol. The lowest BCUT2D eigenvalue weighted by Gasteiger charge is -2.08. The maximum absolute atomic E-state index is 6.45. The molecule has 0 aliphatic carbocycles. The Morgan fingerprint density at radius 2 is 0.881 bits per heavy atom. The van der Waals surface area contributed by atoms with Gasteiger partial charge in [0.2, 0.25) is 5.89 Å². The van der Waals surface area contributed by atoms with Crippen LogP contribution in [0.3, 0.4) is 0 Å². The summed E-state index contributed by atoms with van der Waals surface area (Å²) in [5, 5.41) is 4.19. The molecule has 6 nitrogen and oxygen atoms in total. The first-order chi connectivity index (χ1) is 20.8. The molecule has 6 aromatic carbocycles. The van der Waals surface area contributed by atoms with E-state index in [4.69, 9.17) is 28.8 Å². The molecule has 0 aliphatic rings. The van der Waals surface area contributed by atoms with Gasteiger partial charge in [-0.15, -0.1) is 0 Å². The van der Waals surface area contributed by atoms with E-state index >= 15 is 0 Å². The predicted octanol–water partition coefficient (Wildman–Crippen LogP) is 9.17. The molecule has 196 valence electrons. The topological polar surface area (TPSA) is 77.8 Å². The molecule has 3 heterocycles. The summed E-state index contributed by atoms with van der Waals surface area (Å²) in [4.78, 5) is 19.5. The third-order valence-corrected chi connectivity index (χ3v) is 7.74. The van der Waals surface area contributed by atoms with E-state index in [1.807, 2.05) is 109 Å². The molecule has 0 radical (unpaired) electrons. The number of nitrogens with zero attached hydrogens (tertiary/aromatic N) is 4. The molecule has 3 aromatic heterocycles. The lowest BCUT2D eigenvalue weighted by Crippen LogP contribution is -2.00. The van der Waals surface area contributed by atoms with E-state index in [2.05, 4.69) is 12.1 Å². The Hall–Kier alpha value is -5.88. The third kappa shape index (κ3) is 3.45. The lowest BCUT2D eigenvalue weighted by atomic mass is 10.0. The molecule has 0 N–H and O–H groups in total. The van der Waals surface area contributed by atoms with E-state index in [0.29, 0.717) is 23.4 Å². The number of furan rings is 1. The zero-order valence-corrected chi connectivity index (χ0v) is 22.2. The Morgan fingerprint density at radius 1 is 0.381 bits per heavy atom. The monoisotopic (exact) mass is 540 g/mol. The molecule has 0 unspecified atom stereocenters. The summed E-state index contributed by atoms with van der Waals surface area (Å²) in [5.41, 5.74) is 6.93. The Balaban J connectivity index is 1.17. The van der Waals surface area contributed by atoms with Crippen LogP contribution in [0.1, 0.15) is 0 Å². The zero-order chi connectivity index (χ0) is 27.6. The van der Waals surface area contributed by atoms with Crippen molar-refractivity contribution in [2.45, 2.75) is 0 Å². The average Bonchev–Trinajstić information content (AvgIpc) is 3.69. The Kier molecular flexibility index (Phi) is 4.80. The van der Waals surface area contributed by atoms with Crippen LogP contribution in [-0.2, 0) is 0 Å². The number of rotatable bonds is 4. The van der Waals surface area contributed by atoms with Crippen LogP contribution < -0.4 is 0 Å². The Morgan fingerprint density at radius 3 is 1.48 bits per heavy atom. The fourth-order valence-electron chi connectivity index (χ4n) is 5.76. The highest BCUT2D eigenvalue weighted by molar-refractivity contribution is 6.31. The number of hydrogen-bond donors (Lipinski definition) is 0. The van der Waals surface area contributed by atoms with E-state index < -0.39 is 0 Å². The van der Waals surface area contributed by atoms with Gasteiger partial charge in [-0.2, -0.15) is 0 Å². The van der Waals surface area contributed by atoms with Gasteiger partial charge in [0.1, 0.15) is 16.7 Å². The van der Waals surface area contributed by atoms with Crippen molar-refractivity contribution in [3.05, 3.63) is 121 Å². The molecule has 9 rings (SSSR count). The summed E-state index contributed by atoms with van der Waals surface area (Å²) in [7, 11) is 0. The van der Waals surface area contributed by atoms with E-state index in [-0.39, 0.29) is 0 Å². The van der Waals surface area contributed by atoms with Crippen LogP contribution in [0.5, 0.6) is 0 Å². The van der Waals surface area contributed by atoms with E-state index in [9.17, 15) is 0 Å². The maximum Gasteiger partial charge on any atom is 0.227 e. The minimum absolute atomic E-state index is 0.563. The standard InChI is InChI=1S/C36H20N4O2/c1-3-9-21(10-4-1)33-38-34(22-11-5-2-6-12-22)40-35(39-33)23-17-19-24(20-18-23)36-37-31-25-13-7-15-27-29(25)30-26(32(31)42-36)14-8-16-28(30)41-27/h1-20H. The molecule has 0 saturated heterocycles. The van der Waals surface area contributed by atoms with Crippen molar-refractivity contribution >= 4 is 43.8 Å². The molecular formula is C36H20N4O2. The van der Waals surface area contributed by atoms with Gasteiger partial charge in [-0.3, -0.25) is 0 Å². The van der Waals surface area contributed by atoms with E-state index in [1.165, 1.54) is 0 Å². The first kappa shape index (κ1) is 22.9. The molecule has 0 fully saturated rings. The first-order valence-electron chi connectivity index (χ1n) is 13.7. The molecule has 0 saturated carbocycles. The quantitative estimate of drug-likeness (QED) is 0.207. The summed E-state index contributed by atoms with van der Waals surface area (Å²) in [6, 6.07) is 40.1.